The summed E-state index contributed by atoms with van der Waals surface area (Å²) in [5.74, 6) is -4.38. The average Bonchev–Trinajstić information content (AvgIpc) is 2.78. The molecule has 3 aromatic rings. The lowest BCUT2D eigenvalue weighted by Crippen LogP contribution is -2.48. The van der Waals surface area contributed by atoms with E-state index in [1.54, 1.807) is 0 Å². The van der Waals surface area contributed by atoms with Crippen molar-refractivity contribution in [3.63, 3.8) is 0 Å². The van der Waals surface area contributed by atoms with Crippen LogP contribution in [0.15, 0.2) is 41.3 Å². The van der Waals surface area contributed by atoms with Gasteiger partial charge in [-0.25, -0.2) is 14.0 Å². The number of benzene rings is 1. The number of halogens is 7. The van der Waals surface area contributed by atoms with Crippen molar-refractivity contribution < 1.29 is 44.5 Å². The maximum absolute atomic E-state index is 14.8. The molecule has 0 saturated heterocycles. The summed E-state index contributed by atoms with van der Waals surface area (Å²) in [6.45, 7) is 0.903. The highest BCUT2D eigenvalue weighted by atomic mass is 32.2. The zero-order chi connectivity index (χ0) is 29.7. The van der Waals surface area contributed by atoms with E-state index in [-0.39, 0.29) is 29.8 Å². The van der Waals surface area contributed by atoms with Gasteiger partial charge >= 0.3 is 12.4 Å². The van der Waals surface area contributed by atoms with Gasteiger partial charge in [0.25, 0.3) is 17.7 Å². The summed E-state index contributed by atoms with van der Waals surface area (Å²) in [7, 11) is -3.20. The predicted molar refractivity (Wildman–Crippen MR) is 127 cm³/mol. The number of carbonyl (C=O) groups excluding carboxylic acids is 1. The minimum Gasteiger partial charge on any atom is -0.432 e. The highest BCUT2D eigenvalue weighted by molar-refractivity contribution is 7.91. The van der Waals surface area contributed by atoms with Crippen LogP contribution in [0.4, 0.5) is 36.4 Å². The molecule has 8 nitrogen and oxygen atoms in total. The molecule has 1 aliphatic carbocycles. The van der Waals surface area contributed by atoms with Crippen molar-refractivity contribution in [2.24, 2.45) is 0 Å². The average molecular weight is 592 g/mol. The highest BCUT2D eigenvalue weighted by Crippen LogP contribution is 2.54. The van der Waals surface area contributed by atoms with Crippen LogP contribution in [0.2, 0.25) is 0 Å². The second-order valence-corrected chi connectivity index (χ2v) is 11.4. The van der Waals surface area contributed by atoms with Gasteiger partial charge in [0.05, 0.1) is 15.4 Å². The molecule has 0 bridgehead atoms. The number of rotatable bonds is 6. The third kappa shape index (κ3) is 5.44. The Morgan fingerprint density at radius 2 is 1.77 bits per heavy atom. The van der Waals surface area contributed by atoms with Crippen molar-refractivity contribution in [1.29, 1.82) is 4.78 Å². The Labute approximate surface area is 223 Å². The Morgan fingerprint density at radius 3 is 2.30 bits per heavy atom. The van der Waals surface area contributed by atoms with Crippen LogP contribution >= 0.6 is 0 Å². The molecule has 2 heterocycles. The molecule has 1 amide bonds. The molecule has 1 aromatic carbocycles. The number of anilines is 1. The fourth-order valence-electron chi connectivity index (χ4n) is 4.20. The van der Waals surface area contributed by atoms with Crippen molar-refractivity contribution in [3.8, 4) is 11.6 Å². The van der Waals surface area contributed by atoms with Crippen LogP contribution < -0.4 is 10.1 Å². The molecule has 16 heteroatoms. The first-order chi connectivity index (χ1) is 18.4. The van der Waals surface area contributed by atoms with E-state index in [0.29, 0.717) is 0 Å². The number of ether oxygens (including phenoxy) is 1. The summed E-state index contributed by atoms with van der Waals surface area (Å²) < 4.78 is 121. The zero-order valence-corrected chi connectivity index (χ0v) is 21.5. The SMILES string of the molecule is Cc1c(C(F)(F)F)nnc(Oc2ccc(C3(C(F)(F)F)CCC3)nc2F)c1C(=O)Nc1cccc(S(C)(=N)=O)c1. The predicted octanol–water partition coefficient (Wildman–Crippen LogP) is 6.40. The smallest absolute Gasteiger partial charge is 0.432 e. The third-order valence-electron chi connectivity index (χ3n) is 6.48. The summed E-state index contributed by atoms with van der Waals surface area (Å²) in [5.41, 5.74) is -6.00. The number of carbonyl (C=O) groups is 1. The second kappa shape index (κ2) is 9.98. The second-order valence-electron chi connectivity index (χ2n) is 9.20. The van der Waals surface area contributed by atoms with Crippen LogP contribution in [-0.2, 0) is 21.3 Å². The van der Waals surface area contributed by atoms with Gasteiger partial charge in [0, 0.05) is 16.8 Å². The van der Waals surface area contributed by atoms with Gasteiger partial charge < -0.3 is 10.1 Å². The summed E-state index contributed by atoms with van der Waals surface area (Å²) in [5, 5.41) is 8.64. The van der Waals surface area contributed by atoms with Gasteiger partial charge in [-0.05, 0) is 55.7 Å². The van der Waals surface area contributed by atoms with Crippen molar-refractivity contribution in [2.45, 2.75) is 48.8 Å². The molecule has 1 aliphatic rings. The molecule has 2 aromatic heterocycles. The molecule has 4 rings (SSSR count). The number of alkyl halides is 6. The molecule has 1 saturated carbocycles. The van der Waals surface area contributed by atoms with Gasteiger partial charge in [-0.15, -0.1) is 10.2 Å². The number of pyridine rings is 1. The van der Waals surface area contributed by atoms with Crippen molar-refractivity contribution in [2.75, 3.05) is 11.6 Å². The minimum absolute atomic E-state index is 0.0265. The number of hydrogen-bond donors (Lipinski definition) is 2. The van der Waals surface area contributed by atoms with Gasteiger partial charge in [0.1, 0.15) is 11.0 Å². The lowest BCUT2D eigenvalue weighted by molar-refractivity contribution is -0.214. The maximum Gasteiger partial charge on any atom is 0.435 e. The molecule has 1 atom stereocenters. The number of aromatic nitrogens is 3. The first-order valence-electron chi connectivity index (χ1n) is 11.5. The fraction of sp³-hybridized carbons (Fsp3) is 0.333. The number of amides is 1. The molecule has 1 fully saturated rings. The quantitative estimate of drug-likeness (QED) is 0.253. The zero-order valence-electron chi connectivity index (χ0n) is 20.7. The van der Waals surface area contributed by atoms with E-state index in [4.69, 9.17) is 9.52 Å². The number of nitrogens with zero attached hydrogens (tertiary/aromatic N) is 3. The van der Waals surface area contributed by atoms with Gasteiger partial charge in [-0.2, -0.15) is 30.7 Å². The monoisotopic (exact) mass is 591 g/mol. The summed E-state index contributed by atoms with van der Waals surface area (Å²) in [6, 6.07) is 6.92. The van der Waals surface area contributed by atoms with Gasteiger partial charge in [0.2, 0.25) is 0 Å². The standard InChI is InChI=1S/C24H20F7N5O3S/c1-12-17(20(37)33-13-5-3-6-14(11-13)40(2,32)38)21(36-35-18(12)23(26,27)28)39-15-7-8-16(34-19(15)25)22(9-4-10-22)24(29,30)31/h3,5-8,11,32H,4,9-10H2,1-2H3,(H,33,37). The van der Waals surface area contributed by atoms with E-state index in [0.717, 1.165) is 25.3 Å². The van der Waals surface area contributed by atoms with E-state index in [9.17, 15) is 39.7 Å². The molecule has 214 valence electrons. The summed E-state index contributed by atoms with van der Waals surface area (Å²) in [6.07, 6.45) is -8.90. The Kier molecular flexibility index (Phi) is 7.28. The number of nitrogens with one attached hydrogen (secondary N) is 2. The van der Waals surface area contributed by atoms with E-state index >= 15 is 0 Å². The van der Waals surface area contributed by atoms with Crippen molar-refractivity contribution in [3.05, 3.63) is 64.9 Å². The van der Waals surface area contributed by atoms with E-state index in [2.05, 4.69) is 20.5 Å². The molecular formula is C24H20F7N5O3S. The largest absolute Gasteiger partial charge is 0.435 e. The summed E-state index contributed by atoms with van der Waals surface area (Å²) >= 11 is 0. The van der Waals surface area contributed by atoms with Crippen molar-refractivity contribution in [1.82, 2.24) is 15.2 Å². The Morgan fingerprint density at radius 1 is 1.10 bits per heavy atom. The Bertz CT molecular complexity index is 1590. The van der Waals surface area contributed by atoms with E-state index < -0.39 is 73.5 Å². The molecule has 1 unspecified atom stereocenters. The van der Waals surface area contributed by atoms with Crippen LogP contribution in [0, 0.1) is 17.7 Å². The number of hydrogen-bond acceptors (Lipinski definition) is 7. The molecule has 2 N–H and O–H groups in total. The van der Waals surface area contributed by atoms with Crippen LogP contribution in [0.5, 0.6) is 11.6 Å². The Hall–Kier alpha value is -3.82. The molecule has 0 radical (unpaired) electrons. The van der Waals surface area contributed by atoms with Crippen LogP contribution in [0.3, 0.4) is 0 Å². The molecule has 40 heavy (non-hydrogen) atoms. The van der Waals surface area contributed by atoms with Crippen molar-refractivity contribution >= 4 is 21.3 Å². The van der Waals surface area contributed by atoms with E-state index in [1.807, 2.05) is 0 Å². The molecular weight excluding hydrogens is 571 g/mol. The third-order valence-corrected chi connectivity index (χ3v) is 7.64. The van der Waals surface area contributed by atoms with Crippen LogP contribution in [0.25, 0.3) is 0 Å². The lowest BCUT2D eigenvalue weighted by Gasteiger charge is -2.42. The summed E-state index contributed by atoms with van der Waals surface area (Å²) in [4.78, 5) is 16.6. The van der Waals surface area contributed by atoms with E-state index in [1.165, 1.54) is 24.3 Å². The highest BCUT2D eigenvalue weighted by Gasteiger charge is 2.60. The lowest BCUT2D eigenvalue weighted by atomic mass is 9.66. The fourth-order valence-corrected chi connectivity index (χ4v) is 4.89. The first-order valence-corrected chi connectivity index (χ1v) is 13.4. The molecule has 0 aliphatic heterocycles. The minimum atomic E-state index is -5.04. The van der Waals surface area contributed by atoms with Gasteiger partial charge in [-0.1, -0.05) is 12.5 Å². The molecule has 0 spiro atoms. The van der Waals surface area contributed by atoms with Crippen LogP contribution in [-0.4, -0.2) is 37.7 Å². The normalized spacial score (nSPS) is 16.5. The van der Waals surface area contributed by atoms with Crippen LogP contribution in [0.1, 0.15) is 46.6 Å². The van der Waals surface area contributed by atoms with Gasteiger partial charge in [-0.3, -0.25) is 4.79 Å². The Balaban J connectivity index is 1.73. The first kappa shape index (κ1) is 29.2. The van der Waals surface area contributed by atoms with Gasteiger partial charge in [0.15, 0.2) is 11.4 Å². The maximum atomic E-state index is 14.8. The topological polar surface area (TPSA) is 118 Å².